The fraction of sp³-hybridized carbons (Fsp3) is 0.533. The third-order valence-electron chi connectivity index (χ3n) is 3.41. The summed E-state index contributed by atoms with van der Waals surface area (Å²) in [5.41, 5.74) is 6.27. The summed E-state index contributed by atoms with van der Waals surface area (Å²) in [7, 11) is 3.15. The number of rotatable bonds is 6. The molecule has 1 aromatic carbocycles. The second kappa shape index (κ2) is 6.61. The van der Waals surface area contributed by atoms with Crippen molar-refractivity contribution in [2.24, 2.45) is 5.73 Å². The molecule has 0 saturated heterocycles. The molecule has 0 aliphatic rings. The molecule has 1 atom stereocenters. The second-order valence-electron chi connectivity index (χ2n) is 5.42. The van der Waals surface area contributed by atoms with Crippen LogP contribution in [0.1, 0.15) is 26.3 Å². The molecule has 5 nitrogen and oxygen atoms in total. The molecule has 1 aromatic rings. The van der Waals surface area contributed by atoms with Gasteiger partial charge in [-0.3, -0.25) is 4.79 Å². The van der Waals surface area contributed by atoms with Crippen LogP contribution in [0.3, 0.4) is 0 Å². The number of nitrogens with one attached hydrogen (secondary N) is 1. The third-order valence-corrected chi connectivity index (χ3v) is 3.41. The van der Waals surface area contributed by atoms with Crippen LogP contribution in [0.25, 0.3) is 0 Å². The van der Waals surface area contributed by atoms with Gasteiger partial charge in [0.15, 0.2) is 11.5 Å². The van der Waals surface area contributed by atoms with Crippen LogP contribution in [0.2, 0.25) is 0 Å². The maximum absolute atomic E-state index is 12.0. The quantitative estimate of drug-likeness (QED) is 0.828. The molecule has 0 aliphatic heterocycles. The molecule has 0 spiro atoms. The van der Waals surface area contributed by atoms with Crippen molar-refractivity contribution in [1.29, 1.82) is 0 Å². The lowest BCUT2D eigenvalue weighted by atomic mass is 9.96. The van der Waals surface area contributed by atoms with E-state index in [1.54, 1.807) is 26.4 Å². The number of ether oxygens (including phenoxy) is 2. The van der Waals surface area contributed by atoms with E-state index in [-0.39, 0.29) is 18.4 Å². The number of carbonyl (C=O) groups is 1. The average molecular weight is 280 g/mol. The molecule has 0 aliphatic carbocycles. The minimum Gasteiger partial charge on any atom is -0.493 e. The van der Waals surface area contributed by atoms with E-state index in [1.807, 2.05) is 26.8 Å². The lowest BCUT2D eigenvalue weighted by Gasteiger charge is -2.30. The van der Waals surface area contributed by atoms with Crippen LogP contribution in [-0.2, 0) is 11.2 Å². The zero-order chi connectivity index (χ0) is 15.3. The number of benzene rings is 1. The molecule has 1 unspecified atom stereocenters. The van der Waals surface area contributed by atoms with Gasteiger partial charge < -0.3 is 20.5 Å². The number of hydrogen-bond acceptors (Lipinski definition) is 4. The first-order valence-corrected chi connectivity index (χ1v) is 6.57. The summed E-state index contributed by atoms with van der Waals surface area (Å²) >= 11 is 0. The Morgan fingerprint density at radius 1 is 1.30 bits per heavy atom. The smallest absolute Gasteiger partial charge is 0.224 e. The van der Waals surface area contributed by atoms with Crippen molar-refractivity contribution in [2.75, 3.05) is 14.2 Å². The molecule has 0 saturated carbocycles. The maximum atomic E-state index is 12.0. The zero-order valence-corrected chi connectivity index (χ0v) is 12.8. The topological polar surface area (TPSA) is 73.6 Å². The molecule has 0 fully saturated rings. The Kier molecular flexibility index (Phi) is 5.39. The summed E-state index contributed by atoms with van der Waals surface area (Å²) in [6.45, 7) is 5.69. The average Bonchev–Trinajstić information content (AvgIpc) is 2.37. The van der Waals surface area contributed by atoms with E-state index >= 15 is 0 Å². The number of amides is 1. The standard InChI is InChI=1S/C15H24N2O3/c1-10(16)15(2,3)17-14(18)9-11-6-7-12(19-4)13(8-11)20-5/h6-8,10H,9,16H2,1-5H3,(H,17,18). The van der Waals surface area contributed by atoms with Gasteiger partial charge in [-0.25, -0.2) is 0 Å². The highest BCUT2D eigenvalue weighted by Crippen LogP contribution is 2.27. The molecule has 0 heterocycles. The summed E-state index contributed by atoms with van der Waals surface area (Å²) in [5.74, 6) is 1.19. The van der Waals surface area contributed by atoms with Crippen LogP contribution in [0.5, 0.6) is 11.5 Å². The fourth-order valence-electron chi connectivity index (χ4n) is 1.69. The molecule has 0 bridgehead atoms. The van der Waals surface area contributed by atoms with Crippen molar-refractivity contribution in [3.05, 3.63) is 23.8 Å². The number of carbonyl (C=O) groups excluding carboxylic acids is 1. The van der Waals surface area contributed by atoms with E-state index in [0.29, 0.717) is 11.5 Å². The largest absolute Gasteiger partial charge is 0.493 e. The molecule has 0 radical (unpaired) electrons. The number of methoxy groups -OCH3 is 2. The summed E-state index contributed by atoms with van der Waals surface area (Å²) in [4.78, 5) is 12.0. The Labute approximate surface area is 120 Å². The highest BCUT2D eigenvalue weighted by molar-refractivity contribution is 5.79. The van der Waals surface area contributed by atoms with Crippen molar-refractivity contribution in [2.45, 2.75) is 38.8 Å². The van der Waals surface area contributed by atoms with Crippen LogP contribution in [0, 0.1) is 0 Å². The van der Waals surface area contributed by atoms with Gasteiger partial charge in [-0.1, -0.05) is 6.07 Å². The minimum absolute atomic E-state index is 0.0699. The Morgan fingerprint density at radius 2 is 1.90 bits per heavy atom. The Bertz CT molecular complexity index is 470. The van der Waals surface area contributed by atoms with Gasteiger partial charge >= 0.3 is 0 Å². The van der Waals surface area contributed by atoms with Crippen LogP contribution >= 0.6 is 0 Å². The van der Waals surface area contributed by atoms with E-state index in [9.17, 15) is 4.79 Å². The first kappa shape index (κ1) is 16.3. The van der Waals surface area contributed by atoms with E-state index < -0.39 is 5.54 Å². The Balaban J connectivity index is 2.76. The lowest BCUT2D eigenvalue weighted by Crippen LogP contribution is -2.54. The van der Waals surface area contributed by atoms with Crippen molar-refractivity contribution in [1.82, 2.24) is 5.32 Å². The van der Waals surface area contributed by atoms with Crippen molar-refractivity contribution < 1.29 is 14.3 Å². The highest BCUT2D eigenvalue weighted by Gasteiger charge is 2.24. The molecule has 1 amide bonds. The van der Waals surface area contributed by atoms with Crippen molar-refractivity contribution in [3.63, 3.8) is 0 Å². The minimum atomic E-state index is -0.437. The lowest BCUT2D eigenvalue weighted by molar-refractivity contribution is -0.122. The van der Waals surface area contributed by atoms with Crippen molar-refractivity contribution in [3.8, 4) is 11.5 Å². The van der Waals surface area contributed by atoms with Crippen LogP contribution in [0.15, 0.2) is 18.2 Å². The van der Waals surface area contributed by atoms with E-state index in [1.165, 1.54) is 0 Å². The first-order chi connectivity index (χ1) is 9.30. The monoisotopic (exact) mass is 280 g/mol. The van der Waals surface area contributed by atoms with Gasteiger partial charge in [-0.2, -0.15) is 0 Å². The highest BCUT2D eigenvalue weighted by atomic mass is 16.5. The molecule has 5 heteroatoms. The predicted octanol–water partition coefficient (Wildman–Crippen LogP) is 1.49. The van der Waals surface area contributed by atoms with Gasteiger partial charge in [-0.15, -0.1) is 0 Å². The second-order valence-corrected chi connectivity index (χ2v) is 5.42. The van der Waals surface area contributed by atoms with Gasteiger partial charge in [0.1, 0.15) is 0 Å². The summed E-state index contributed by atoms with van der Waals surface area (Å²) in [6, 6.07) is 5.31. The zero-order valence-electron chi connectivity index (χ0n) is 12.8. The van der Waals surface area contributed by atoms with Gasteiger partial charge in [0.25, 0.3) is 0 Å². The van der Waals surface area contributed by atoms with Crippen LogP contribution in [0.4, 0.5) is 0 Å². The number of nitrogens with two attached hydrogens (primary N) is 1. The van der Waals surface area contributed by atoms with Gasteiger partial charge in [-0.05, 0) is 38.5 Å². The van der Waals surface area contributed by atoms with Gasteiger partial charge in [0, 0.05) is 11.6 Å². The molecule has 3 N–H and O–H groups in total. The molecular formula is C15H24N2O3. The molecule has 112 valence electrons. The summed E-state index contributed by atoms with van der Waals surface area (Å²) in [6.07, 6.45) is 0.274. The molecule has 1 rings (SSSR count). The molecule has 0 aromatic heterocycles. The third kappa shape index (κ3) is 4.13. The van der Waals surface area contributed by atoms with Crippen LogP contribution < -0.4 is 20.5 Å². The first-order valence-electron chi connectivity index (χ1n) is 6.57. The summed E-state index contributed by atoms with van der Waals surface area (Å²) < 4.78 is 10.4. The normalized spacial score (nSPS) is 12.7. The fourth-order valence-corrected chi connectivity index (χ4v) is 1.69. The predicted molar refractivity (Wildman–Crippen MR) is 79.1 cm³/mol. The maximum Gasteiger partial charge on any atom is 0.224 e. The van der Waals surface area contributed by atoms with Crippen molar-refractivity contribution >= 4 is 5.91 Å². The summed E-state index contributed by atoms with van der Waals surface area (Å²) in [5, 5.41) is 2.93. The van der Waals surface area contributed by atoms with E-state index in [4.69, 9.17) is 15.2 Å². The van der Waals surface area contributed by atoms with Crippen LogP contribution in [-0.4, -0.2) is 31.7 Å². The Hall–Kier alpha value is -1.75. The SMILES string of the molecule is COc1ccc(CC(=O)NC(C)(C)C(C)N)cc1OC. The molecule has 20 heavy (non-hydrogen) atoms. The van der Waals surface area contributed by atoms with E-state index in [2.05, 4.69) is 5.32 Å². The van der Waals surface area contributed by atoms with E-state index in [0.717, 1.165) is 5.56 Å². The number of hydrogen-bond donors (Lipinski definition) is 2. The van der Waals surface area contributed by atoms with Gasteiger partial charge in [0.2, 0.25) is 5.91 Å². The van der Waals surface area contributed by atoms with Gasteiger partial charge in [0.05, 0.1) is 20.6 Å². The Morgan fingerprint density at radius 3 is 2.40 bits per heavy atom. The molecular weight excluding hydrogens is 256 g/mol.